The molecule has 118 valence electrons. The van der Waals surface area contributed by atoms with Gasteiger partial charge in [-0.2, -0.15) is 0 Å². The molecule has 1 aromatic carbocycles. The fraction of sp³-hybridized carbons (Fsp3) is 0.647. The average molecular weight is 295 g/mol. The molecule has 0 radical (unpaired) electrons. The summed E-state index contributed by atoms with van der Waals surface area (Å²) in [6.45, 7) is 6.19. The first-order chi connectivity index (χ1) is 9.94. The number of benzene rings is 1. The van der Waals surface area contributed by atoms with E-state index in [1.54, 1.807) is 6.07 Å². The highest BCUT2D eigenvalue weighted by Crippen LogP contribution is 2.32. The van der Waals surface area contributed by atoms with Crippen molar-refractivity contribution in [3.8, 4) is 5.75 Å². The van der Waals surface area contributed by atoms with E-state index in [0.717, 1.165) is 31.2 Å². The van der Waals surface area contributed by atoms with Gasteiger partial charge < -0.3 is 15.2 Å². The minimum Gasteiger partial charge on any atom is -0.490 e. The lowest BCUT2D eigenvalue weighted by molar-refractivity contribution is 0.0457. The number of aliphatic hydroxyl groups is 1. The molecule has 21 heavy (non-hydrogen) atoms. The summed E-state index contributed by atoms with van der Waals surface area (Å²) < 4.78 is 19.4. The Hall–Kier alpha value is -1.13. The van der Waals surface area contributed by atoms with Crippen molar-refractivity contribution in [1.29, 1.82) is 0 Å². The maximum absolute atomic E-state index is 13.4. The van der Waals surface area contributed by atoms with E-state index in [9.17, 15) is 9.50 Å². The molecule has 0 saturated heterocycles. The number of hydrogen-bond donors (Lipinski definition) is 2. The van der Waals surface area contributed by atoms with Gasteiger partial charge in [-0.1, -0.05) is 19.9 Å². The van der Waals surface area contributed by atoms with Crippen LogP contribution in [0.4, 0.5) is 4.39 Å². The Kier molecular flexibility index (Phi) is 5.22. The van der Waals surface area contributed by atoms with Crippen LogP contribution in [0.5, 0.6) is 5.75 Å². The van der Waals surface area contributed by atoms with Crippen LogP contribution in [0.3, 0.4) is 0 Å². The van der Waals surface area contributed by atoms with Crippen LogP contribution in [0.25, 0.3) is 0 Å². The summed E-state index contributed by atoms with van der Waals surface area (Å²) in [4.78, 5) is 0. The normalized spacial score (nSPS) is 26.1. The van der Waals surface area contributed by atoms with Crippen molar-refractivity contribution in [1.82, 2.24) is 5.32 Å². The molecule has 3 nitrogen and oxygen atoms in total. The molecular formula is C17H26FNO2. The third-order valence-electron chi connectivity index (χ3n) is 4.14. The Morgan fingerprint density at radius 2 is 2.24 bits per heavy atom. The van der Waals surface area contributed by atoms with Crippen LogP contribution in [-0.4, -0.2) is 29.4 Å². The molecule has 1 aromatic rings. The number of aliphatic hydroxyl groups excluding tert-OH is 1. The quantitative estimate of drug-likeness (QED) is 0.876. The molecule has 1 saturated carbocycles. The number of nitrogens with one attached hydrogen (secondary N) is 1. The van der Waals surface area contributed by atoms with Crippen molar-refractivity contribution in [3.63, 3.8) is 0 Å². The molecule has 0 amide bonds. The summed E-state index contributed by atoms with van der Waals surface area (Å²) >= 11 is 0. The summed E-state index contributed by atoms with van der Waals surface area (Å²) in [7, 11) is 0. The number of halogens is 1. The second kappa shape index (κ2) is 6.75. The van der Waals surface area contributed by atoms with E-state index in [4.69, 9.17) is 4.74 Å². The molecule has 0 aromatic heterocycles. The predicted octanol–water partition coefficient (Wildman–Crippen LogP) is 3.18. The molecule has 1 aliphatic carbocycles. The van der Waals surface area contributed by atoms with E-state index in [1.807, 2.05) is 6.92 Å². The van der Waals surface area contributed by atoms with Gasteiger partial charge in [0.05, 0.1) is 6.61 Å². The van der Waals surface area contributed by atoms with Gasteiger partial charge in [-0.3, -0.25) is 0 Å². The van der Waals surface area contributed by atoms with Crippen molar-refractivity contribution in [2.75, 3.05) is 6.61 Å². The van der Waals surface area contributed by atoms with Crippen molar-refractivity contribution < 1.29 is 14.2 Å². The second-order valence-electron chi connectivity index (χ2n) is 6.48. The zero-order chi connectivity index (χ0) is 15.5. The van der Waals surface area contributed by atoms with E-state index >= 15 is 0 Å². The molecule has 0 aliphatic heterocycles. The van der Waals surface area contributed by atoms with Crippen molar-refractivity contribution >= 4 is 0 Å². The van der Waals surface area contributed by atoms with Gasteiger partial charge in [-0.15, -0.1) is 0 Å². The van der Waals surface area contributed by atoms with Crippen molar-refractivity contribution in [2.24, 2.45) is 0 Å². The van der Waals surface area contributed by atoms with Crippen molar-refractivity contribution in [3.05, 3.63) is 29.6 Å². The lowest BCUT2D eigenvalue weighted by Crippen LogP contribution is -2.55. The largest absolute Gasteiger partial charge is 0.490 e. The first kappa shape index (κ1) is 16.2. The first-order valence-electron chi connectivity index (χ1n) is 7.75. The summed E-state index contributed by atoms with van der Waals surface area (Å²) in [5, 5.41) is 13.3. The number of rotatable bonds is 5. The first-order valence-corrected chi connectivity index (χ1v) is 7.75. The van der Waals surface area contributed by atoms with Crippen LogP contribution < -0.4 is 10.1 Å². The van der Waals surface area contributed by atoms with Crippen molar-refractivity contribution in [2.45, 2.75) is 64.1 Å². The molecule has 0 bridgehead atoms. The van der Waals surface area contributed by atoms with E-state index in [0.29, 0.717) is 11.8 Å². The van der Waals surface area contributed by atoms with Gasteiger partial charge >= 0.3 is 0 Å². The van der Waals surface area contributed by atoms with E-state index < -0.39 is 0 Å². The maximum Gasteiger partial charge on any atom is 0.126 e. The predicted molar refractivity (Wildman–Crippen MR) is 82.1 cm³/mol. The minimum absolute atomic E-state index is 0.0117. The number of ether oxygens (including phenoxy) is 1. The fourth-order valence-electron chi connectivity index (χ4n) is 3.22. The highest BCUT2D eigenvalue weighted by molar-refractivity contribution is 5.33. The number of aryl methyl sites for hydroxylation is 1. The highest BCUT2D eigenvalue weighted by Gasteiger charge is 2.37. The lowest BCUT2D eigenvalue weighted by atomic mass is 9.80. The van der Waals surface area contributed by atoms with Crippen LogP contribution in [0.15, 0.2) is 18.2 Å². The summed E-state index contributed by atoms with van der Waals surface area (Å²) in [6, 6.07) is 4.94. The molecule has 2 N–H and O–H groups in total. The van der Waals surface area contributed by atoms with Gasteiger partial charge in [0.2, 0.25) is 0 Å². The lowest BCUT2D eigenvalue weighted by Gasteiger charge is -2.41. The molecule has 2 atom stereocenters. The smallest absolute Gasteiger partial charge is 0.126 e. The minimum atomic E-state index is -0.279. The summed E-state index contributed by atoms with van der Waals surface area (Å²) in [5.41, 5.74) is 0.659. The molecule has 2 unspecified atom stereocenters. The van der Waals surface area contributed by atoms with Crippen LogP contribution >= 0.6 is 0 Å². The SMILES string of the molecule is Cc1ccc(F)cc1OC1CCCC(CO)(NC(C)C)C1. The molecule has 1 fully saturated rings. The molecule has 2 rings (SSSR count). The zero-order valence-electron chi connectivity index (χ0n) is 13.2. The van der Waals surface area contributed by atoms with E-state index in [2.05, 4.69) is 19.2 Å². The van der Waals surface area contributed by atoms with Gasteiger partial charge in [0.25, 0.3) is 0 Å². The monoisotopic (exact) mass is 295 g/mol. The fourth-order valence-corrected chi connectivity index (χ4v) is 3.22. The summed E-state index contributed by atoms with van der Waals surface area (Å²) in [5.74, 6) is 0.332. The van der Waals surface area contributed by atoms with E-state index in [-0.39, 0.29) is 24.1 Å². The van der Waals surface area contributed by atoms with E-state index in [1.165, 1.54) is 12.1 Å². The molecule has 0 heterocycles. The van der Waals surface area contributed by atoms with Crippen LogP contribution in [0.1, 0.15) is 45.1 Å². The Morgan fingerprint density at radius 1 is 1.48 bits per heavy atom. The third-order valence-corrected chi connectivity index (χ3v) is 4.14. The molecule has 0 spiro atoms. The Bertz CT molecular complexity index is 478. The molecule has 1 aliphatic rings. The topological polar surface area (TPSA) is 41.5 Å². The van der Waals surface area contributed by atoms with Gasteiger partial charge in [0.1, 0.15) is 17.7 Å². The molecule has 4 heteroatoms. The van der Waals surface area contributed by atoms with Crippen LogP contribution in [0, 0.1) is 12.7 Å². The third kappa shape index (κ3) is 4.17. The van der Waals surface area contributed by atoms with Gasteiger partial charge in [-0.05, 0) is 37.8 Å². The zero-order valence-corrected chi connectivity index (χ0v) is 13.2. The average Bonchev–Trinajstić information content (AvgIpc) is 2.42. The summed E-state index contributed by atoms with van der Waals surface area (Å²) in [6.07, 6.45) is 3.65. The Morgan fingerprint density at radius 3 is 2.90 bits per heavy atom. The van der Waals surface area contributed by atoms with Gasteiger partial charge in [0.15, 0.2) is 0 Å². The van der Waals surface area contributed by atoms with Crippen LogP contribution in [-0.2, 0) is 0 Å². The second-order valence-corrected chi connectivity index (χ2v) is 6.48. The van der Waals surface area contributed by atoms with Gasteiger partial charge in [0, 0.05) is 24.1 Å². The number of hydrogen-bond acceptors (Lipinski definition) is 3. The van der Waals surface area contributed by atoms with Gasteiger partial charge in [-0.25, -0.2) is 4.39 Å². The maximum atomic E-state index is 13.4. The highest BCUT2D eigenvalue weighted by atomic mass is 19.1. The molecular weight excluding hydrogens is 269 g/mol. The Balaban J connectivity index is 2.08. The van der Waals surface area contributed by atoms with Crippen LogP contribution in [0.2, 0.25) is 0 Å². The standard InChI is InChI=1S/C17H26FNO2/c1-12(2)19-17(11-20)8-4-5-15(10-17)21-16-9-14(18)7-6-13(16)3/h6-7,9,12,15,19-20H,4-5,8,10-11H2,1-3H3. The Labute approximate surface area is 126 Å².